The number of hydrogen-bond acceptors (Lipinski definition) is 3. The number of aliphatic imine (C=N–C) groups is 1. The van der Waals surface area contributed by atoms with Gasteiger partial charge in [0.15, 0.2) is 5.96 Å². The molecule has 2 heterocycles. The van der Waals surface area contributed by atoms with Crippen LogP contribution in [0.5, 0.6) is 5.88 Å². The molecule has 1 N–H and O–H groups in total. The topological polar surface area (TPSA) is 49.8 Å². The van der Waals surface area contributed by atoms with Crippen LogP contribution in [0.1, 0.15) is 31.4 Å². The minimum Gasteiger partial charge on any atom is -0.473 e. The maximum absolute atomic E-state index is 5.81. The number of guanidine groups is 1. The Labute approximate surface area is 156 Å². The lowest BCUT2D eigenvalue weighted by atomic mass is 9.93. The van der Waals surface area contributed by atoms with Crippen LogP contribution in [0.15, 0.2) is 53.7 Å². The van der Waals surface area contributed by atoms with Gasteiger partial charge in [-0.1, -0.05) is 44.2 Å². The van der Waals surface area contributed by atoms with Crippen LogP contribution >= 0.6 is 0 Å². The van der Waals surface area contributed by atoms with E-state index >= 15 is 0 Å². The van der Waals surface area contributed by atoms with Gasteiger partial charge in [0.2, 0.25) is 5.88 Å². The van der Waals surface area contributed by atoms with E-state index in [1.165, 1.54) is 6.42 Å². The summed E-state index contributed by atoms with van der Waals surface area (Å²) in [6, 6.07) is 14.1. The van der Waals surface area contributed by atoms with Crippen LogP contribution in [-0.2, 0) is 13.2 Å². The zero-order chi connectivity index (χ0) is 18.4. The molecule has 0 unspecified atom stereocenters. The molecule has 1 fully saturated rings. The van der Waals surface area contributed by atoms with E-state index in [0.717, 1.165) is 30.2 Å². The zero-order valence-corrected chi connectivity index (χ0v) is 15.9. The first-order valence-corrected chi connectivity index (χ1v) is 9.13. The van der Waals surface area contributed by atoms with Crippen LogP contribution < -0.4 is 10.1 Å². The van der Waals surface area contributed by atoms with Gasteiger partial charge in [-0.25, -0.2) is 4.98 Å². The SMILES string of the molecule is CN=C(NCc1ccnc(OCc2ccccc2)c1)N1CCC(C)(C)C1. The number of hydrogen-bond donors (Lipinski definition) is 1. The molecule has 1 saturated heterocycles. The Kier molecular flexibility index (Phi) is 5.76. The molecule has 1 aromatic carbocycles. The predicted octanol–water partition coefficient (Wildman–Crippen LogP) is 3.47. The third-order valence-corrected chi connectivity index (χ3v) is 4.67. The molecule has 0 radical (unpaired) electrons. The van der Waals surface area contributed by atoms with E-state index < -0.39 is 0 Å². The van der Waals surface area contributed by atoms with Crippen molar-refractivity contribution in [3.8, 4) is 5.88 Å². The molecular weight excluding hydrogens is 324 g/mol. The van der Waals surface area contributed by atoms with Crippen molar-refractivity contribution in [3.05, 3.63) is 59.8 Å². The lowest BCUT2D eigenvalue weighted by Gasteiger charge is -2.23. The molecule has 0 spiro atoms. The summed E-state index contributed by atoms with van der Waals surface area (Å²) in [5, 5.41) is 3.46. The lowest BCUT2D eigenvalue weighted by molar-refractivity contribution is 0.293. The number of nitrogens with one attached hydrogen (secondary N) is 1. The Morgan fingerprint density at radius 1 is 1.23 bits per heavy atom. The second kappa shape index (κ2) is 8.21. The van der Waals surface area contributed by atoms with E-state index in [0.29, 0.717) is 24.4 Å². The highest BCUT2D eigenvalue weighted by atomic mass is 16.5. The highest BCUT2D eigenvalue weighted by Gasteiger charge is 2.30. The fourth-order valence-electron chi connectivity index (χ4n) is 3.18. The molecule has 26 heavy (non-hydrogen) atoms. The molecule has 1 aliphatic heterocycles. The average molecular weight is 352 g/mol. The number of ether oxygens (including phenoxy) is 1. The summed E-state index contributed by atoms with van der Waals surface area (Å²) in [7, 11) is 1.84. The van der Waals surface area contributed by atoms with Crippen molar-refractivity contribution in [1.82, 2.24) is 15.2 Å². The maximum Gasteiger partial charge on any atom is 0.213 e. The molecule has 3 rings (SSSR count). The van der Waals surface area contributed by atoms with Crippen molar-refractivity contribution in [3.63, 3.8) is 0 Å². The van der Waals surface area contributed by atoms with Crippen LogP contribution in [0, 0.1) is 5.41 Å². The Hall–Kier alpha value is -2.56. The van der Waals surface area contributed by atoms with Crippen molar-refractivity contribution < 1.29 is 4.74 Å². The fourth-order valence-corrected chi connectivity index (χ4v) is 3.18. The van der Waals surface area contributed by atoms with Crippen LogP contribution in [0.2, 0.25) is 0 Å². The number of nitrogens with zero attached hydrogens (tertiary/aromatic N) is 3. The molecule has 0 bridgehead atoms. The number of pyridine rings is 1. The van der Waals surface area contributed by atoms with E-state index in [4.69, 9.17) is 4.74 Å². The van der Waals surface area contributed by atoms with E-state index in [-0.39, 0.29) is 0 Å². The van der Waals surface area contributed by atoms with Gasteiger partial charge in [-0.3, -0.25) is 4.99 Å². The van der Waals surface area contributed by atoms with Gasteiger partial charge in [-0.05, 0) is 29.0 Å². The Morgan fingerprint density at radius 2 is 2.04 bits per heavy atom. The van der Waals surface area contributed by atoms with E-state index in [9.17, 15) is 0 Å². The predicted molar refractivity (Wildman–Crippen MR) is 105 cm³/mol. The quantitative estimate of drug-likeness (QED) is 0.661. The molecule has 1 aromatic heterocycles. The monoisotopic (exact) mass is 352 g/mol. The van der Waals surface area contributed by atoms with Gasteiger partial charge in [0.1, 0.15) is 6.61 Å². The summed E-state index contributed by atoms with van der Waals surface area (Å²) in [6.45, 7) is 7.92. The number of rotatable bonds is 5. The summed E-state index contributed by atoms with van der Waals surface area (Å²) < 4.78 is 5.81. The van der Waals surface area contributed by atoms with Gasteiger partial charge < -0.3 is 15.0 Å². The van der Waals surface area contributed by atoms with Crippen molar-refractivity contribution >= 4 is 5.96 Å². The normalized spacial score (nSPS) is 16.6. The number of aromatic nitrogens is 1. The lowest BCUT2D eigenvalue weighted by Crippen LogP contribution is -2.40. The first-order chi connectivity index (χ1) is 12.6. The Bertz CT molecular complexity index is 743. The molecule has 0 saturated carbocycles. The molecular formula is C21H28N4O. The molecule has 1 aliphatic rings. The third-order valence-electron chi connectivity index (χ3n) is 4.67. The molecule has 5 nitrogen and oxygen atoms in total. The Balaban J connectivity index is 1.55. The highest BCUT2D eigenvalue weighted by Crippen LogP contribution is 2.28. The number of benzene rings is 1. The summed E-state index contributed by atoms with van der Waals surface area (Å²) in [4.78, 5) is 11.1. The minimum absolute atomic E-state index is 0.354. The second-order valence-electron chi connectivity index (χ2n) is 7.51. The van der Waals surface area contributed by atoms with Crippen LogP contribution in [0.4, 0.5) is 0 Å². The van der Waals surface area contributed by atoms with E-state index in [2.05, 4.69) is 34.0 Å². The summed E-state index contributed by atoms with van der Waals surface area (Å²) >= 11 is 0. The molecule has 0 amide bonds. The van der Waals surface area contributed by atoms with Crippen molar-refractivity contribution in [2.75, 3.05) is 20.1 Å². The molecule has 0 atom stereocenters. The van der Waals surface area contributed by atoms with Gasteiger partial charge in [0, 0.05) is 38.9 Å². The van der Waals surface area contributed by atoms with Crippen LogP contribution in [-0.4, -0.2) is 36.0 Å². The van der Waals surface area contributed by atoms with Crippen LogP contribution in [0.25, 0.3) is 0 Å². The largest absolute Gasteiger partial charge is 0.473 e. The zero-order valence-electron chi connectivity index (χ0n) is 15.9. The maximum atomic E-state index is 5.81. The van der Waals surface area contributed by atoms with Crippen molar-refractivity contribution in [2.24, 2.45) is 10.4 Å². The molecule has 5 heteroatoms. The molecule has 2 aromatic rings. The summed E-state index contributed by atoms with van der Waals surface area (Å²) in [6.07, 6.45) is 2.99. The standard InChI is InChI=1S/C21H28N4O/c1-21(2)10-12-25(16-21)20(22-3)24-14-18-9-11-23-19(13-18)26-15-17-7-5-4-6-8-17/h4-9,11,13H,10,12,14-16H2,1-3H3,(H,22,24). The Morgan fingerprint density at radius 3 is 2.73 bits per heavy atom. The minimum atomic E-state index is 0.354. The smallest absolute Gasteiger partial charge is 0.213 e. The van der Waals surface area contributed by atoms with Gasteiger partial charge in [-0.2, -0.15) is 0 Å². The van der Waals surface area contributed by atoms with Crippen molar-refractivity contribution in [1.29, 1.82) is 0 Å². The first kappa shape index (κ1) is 18.2. The van der Waals surface area contributed by atoms with Crippen LogP contribution in [0.3, 0.4) is 0 Å². The van der Waals surface area contributed by atoms with E-state index in [1.807, 2.05) is 49.5 Å². The van der Waals surface area contributed by atoms with Gasteiger partial charge >= 0.3 is 0 Å². The van der Waals surface area contributed by atoms with E-state index in [1.54, 1.807) is 6.20 Å². The summed E-state index contributed by atoms with van der Waals surface area (Å²) in [5.74, 6) is 1.60. The second-order valence-corrected chi connectivity index (χ2v) is 7.51. The molecule has 138 valence electrons. The molecule has 0 aliphatic carbocycles. The van der Waals surface area contributed by atoms with Gasteiger partial charge in [-0.15, -0.1) is 0 Å². The van der Waals surface area contributed by atoms with Gasteiger partial charge in [0.25, 0.3) is 0 Å². The first-order valence-electron chi connectivity index (χ1n) is 9.13. The van der Waals surface area contributed by atoms with Crippen molar-refractivity contribution in [2.45, 2.75) is 33.4 Å². The average Bonchev–Trinajstić information content (AvgIpc) is 3.01. The fraction of sp³-hybridized carbons (Fsp3) is 0.429. The highest BCUT2D eigenvalue weighted by molar-refractivity contribution is 5.80. The summed E-state index contributed by atoms with van der Waals surface area (Å²) in [5.41, 5.74) is 2.62. The van der Waals surface area contributed by atoms with Gasteiger partial charge in [0.05, 0.1) is 0 Å². The third kappa shape index (κ3) is 4.97. The number of likely N-dealkylation sites (tertiary alicyclic amines) is 1.